The van der Waals surface area contributed by atoms with E-state index < -0.39 is 0 Å². The van der Waals surface area contributed by atoms with Crippen LogP contribution in [0.25, 0.3) is 0 Å². The maximum absolute atomic E-state index is 5.77. The van der Waals surface area contributed by atoms with Crippen LogP contribution in [-0.4, -0.2) is 58.0 Å². The van der Waals surface area contributed by atoms with Crippen molar-refractivity contribution in [2.24, 2.45) is 0 Å². The molecule has 3 fully saturated rings. The van der Waals surface area contributed by atoms with Crippen LogP contribution in [0.1, 0.15) is 16.7 Å². The molecule has 0 radical (unpaired) electrons. The van der Waals surface area contributed by atoms with Crippen LogP contribution in [0, 0.1) is 0 Å². The molecule has 6 nitrogen and oxygen atoms in total. The van der Waals surface area contributed by atoms with Crippen LogP contribution >= 0.6 is 0 Å². The zero-order valence-corrected chi connectivity index (χ0v) is 13.8. The second kappa shape index (κ2) is 7.91. The second-order valence-electron chi connectivity index (χ2n) is 6.51. The highest BCUT2D eigenvalue weighted by Crippen LogP contribution is 2.19. The van der Waals surface area contributed by atoms with Gasteiger partial charge in [0.05, 0.1) is 59.5 Å². The van der Waals surface area contributed by atoms with Gasteiger partial charge in [-0.25, -0.2) is 0 Å². The number of hydrogen-bond acceptors (Lipinski definition) is 6. The van der Waals surface area contributed by atoms with Gasteiger partial charge in [-0.3, -0.25) is 0 Å². The second-order valence-corrected chi connectivity index (χ2v) is 6.51. The van der Waals surface area contributed by atoms with Crippen molar-refractivity contribution in [3.8, 4) is 0 Å². The summed E-state index contributed by atoms with van der Waals surface area (Å²) < 4.78 is 32.7. The molecule has 0 bridgehead atoms. The molecule has 0 amide bonds. The van der Waals surface area contributed by atoms with Crippen LogP contribution in [-0.2, 0) is 48.2 Å². The third-order valence-electron chi connectivity index (χ3n) is 4.17. The summed E-state index contributed by atoms with van der Waals surface area (Å²) in [6, 6.07) is 6.34. The monoisotopic (exact) mass is 336 g/mol. The van der Waals surface area contributed by atoms with Gasteiger partial charge in [0.1, 0.15) is 18.3 Å². The zero-order chi connectivity index (χ0) is 16.2. The van der Waals surface area contributed by atoms with Crippen LogP contribution in [0.3, 0.4) is 0 Å². The molecular formula is C18H24O6. The summed E-state index contributed by atoms with van der Waals surface area (Å²) in [5.74, 6) is 0. The van der Waals surface area contributed by atoms with Gasteiger partial charge in [-0.05, 0) is 16.7 Å². The van der Waals surface area contributed by atoms with Gasteiger partial charge in [-0.2, -0.15) is 0 Å². The molecule has 24 heavy (non-hydrogen) atoms. The van der Waals surface area contributed by atoms with Crippen LogP contribution in [0.15, 0.2) is 18.2 Å². The van der Waals surface area contributed by atoms with E-state index in [1.807, 2.05) is 0 Å². The largest absolute Gasteiger partial charge is 0.374 e. The Morgan fingerprint density at radius 3 is 1.75 bits per heavy atom. The summed E-state index contributed by atoms with van der Waals surface area (Å²) >= 11 is 0. The normalized spacial score (nSPS) is 27.2. The van der Waals surface area contributed by atoms with E-state index in [1.165, 1.54) is 0 Å². The summed E-state index contributed by atoms with van der Waals surface area (Å²) in [6.45, 7) is 6.16. The van der Waals surface area contributed by atoms with E-state index in [2.05, 4.69) is 18.2 Å². The molecule has 0 aromatic heterocycles. The lowest BCUT2D eigenvalue weighted by Gasteiger charge is -2.13. The van der Waals surface area contributed by atoms with Crippen LogP contribution < -0.4 is 0 Å². The molecular weight excluding hydrogens is 312 g/mol. The van der Waals surface area contributed by atoms with Crippen molar-refractivity contribution >= 4 is 0 Å². The van der Waals surface area contributed by atoms with Gasteiger partial charge in [0.25, 0.3) is 0 Å². The van der Waals surface area contributed by atoms with Gasteiger partial charge >= 0.3 is 0 Å². The topological polar surface area (TPSA) is 65.3 Å². The van der Waals surface area contributed by atoms with Gasteiger partial charge in [0.2, 0.25) is 0 Å². The molecule has 3 heterocycles. The molecule has 4 rings (SSSR count). The maximum atomic E-state index is 5.77. The SMILES string of the molecule is c1cc(COCC2CO2)c(COCC2CO2)cc1COCC1CO1. The van der Waals surface area contributed by atoms with Crippen molar-refractivity contribution in [1.82, 2.24) is 0 Å². The molecule has 0 spiro atoms. The first kappa shape index (κ1) is 16.4. The molecule has 3 unspecified atom stereocenters. The Morgan fingerprint density at radius 2 is 1.21 bits per heavy atom. The van der Waals surface area contributed by atoms with Crippen LogP contribution in [0.5, 0.6) is 0 Å². The highest BCUT2D eigenvalue weighted by Gasteiger charge is 2.24. The summed E-state index contributed by atoms with van der Waals surface area (Å²) in [5, 5.41) is 0. The molecule has 6 heteroatoms. The average Bonchev–Trinajstić information content (AvgIpc) is 3.44. The first-order valence-corrected chi connectivity index (χ1v) is 8.55. The smallest absolute Gasteiger partial charge is 0.104 e. The average molecular weight is 336 g/mol. The fraction of sp³-hybridized carbons (Fsp3) is 0.667. The number of epoxide rings is 3. The maximum Gasteiger partial charge on any atom is 0.104 e. The van der Waals surface area contributed by atoms with Crippen molar-refractivity contribution in [3.63, 3.8) is 0 Å². The number of rotatable bonds is 12. The van der Waals surface area contributed by atoms with E-state index in [-0.39, 0.29) is 12.2 Å². The van der Waals surface area contributed by atoms with E-state index in [9.17, 15) is 0 Å². The quantitative estimate of drug-likeness (QED) is 0.538. The lowest BCUT2D eigenvalue weighted by molar-refractivity contribution is 0.0907. The Morgan fingerprint density at radius 1 is 0.708 bits per heavy atom. The highest BCUT2D eigenvalue weighted by atomic mass is 16.6. The molecule has 0 aliphatic carbocycles. The molecule has 3 aliphatic rings. The Kier molecular flexibility index (Phi) is 5.42. The number of hydrogen-bond donors (Lipinski definition) is 0. The molecule has 132 valence electrons. The first-order chi connectivity index (χ1) is 11.9. The van der Waals surface area contributed by atoms with E-state index >= 15 is 0 Å². The third-order valence-corrected chi connectivity index (χ3v) is 4.17. The third kappa shape index (κ3) is 5.51. The van der Waals surface area contributed by atoms with Gasteiger partial charge in [0.15, 0.2) is 0 Å². The Bertz CT molecular complexity index is 536. The fourth-order valence-corrected chi connectivity index (χ4v) is 2.45. The van der Waals surface area contributed by atoms with E-state index in [4.69, 9.17) is 28.4 Å². The van der Waals surface area contributed by atoms with Gasteiger partial charge in [-0.1, -0.05) is 18.2 Å². The van der Waals surface area contributed by atoms with Gasteiger partial charge in [-0.15, -0.1) is 0 Å². The van der Waals surface area contributed by atoms with E-state index in [0.717, 1.165) is 36.5 Å². The zero-order valence-electron chi connectivity index (χ0n) is 13.8. The number of ether oxygens (including phenoxy) is 6. The molecule has 1 aromatic carbocycles. The standard InChI is InChI=1S/C18H24O6/c1-2-14(5-20-8-17-11-23-17)15(6-21-9-18-12-24-18)3-13(1)4-19-7-16-10-22-16/h1-3,16-18H,4-12H2. The van der Waals surface area contributed by atoms with Crippen molar-refractivity contribution in [3.05, 3.63) is 34.9 Å². The number of benzene rings is 1. The summed E-state index contributed by atoms with van der Waals surface area (Å²) in [5.41, 5.74) is 3.45. The van der Waals surface area contributed by atoms with Crippen LogP contribution in [0.4, 0.5) is 0 Å². The van der Waals surface area contributed by atoms with Crippen molar-refractivity contribution < 1.29 is 28.4 Å². The Labute approximate surface area is 141 Å². The first-order valence-electron chi connectivity index (χ1n) is 8.55. The van der Waals surface area contributed by atoms with E-state index in [1.54, 1.807) is 0 Å². The van der Waals surface area contributed by atoms with E-state index in [0.29, 0.717) is 45.7 Å². The highest BCUT2D eigenvalue weighted by molar-refractivity contribution is 5.31. The lowest BCUT2D eigenvalue weighted by Crippen LogP contribution is -2.08. The summed E-state index contributed by atoms with van der Waals surface area (Å²) in [7, 11) is 0. The summed E-state index contributed by atoms with van der Waals surface area (Å²) in [6.07, 6.45) is 0.861. The Balaban J connectivity index is 1.31. The van der Waals surface area contributed by atoms with Crippen molar-refractivity contribution in [2.75, 3.05) is 39.6 Å². The minimum Gasteiger partial charge on any atom is -0.374 e. The predicted octanol–water partition coefficient (Wildman–Crippen LogP) is 1.43. The van der Waals surface area contributed by atoms with Gasteiger partial charge in [0, 0.05) is 0 Å². The van der Waals surface area contributed by atoms with Gasteiger partial charge < -0.3 is 28.4 Å². The molecule has 3 atom stereocenters. The molecule has 3 aliphatic heterocycles. The van der Waals surface area contributed by atoms with Crippen molar-refractivity contribution in [1.29, 1.82) is 0 Å². The Hall–Kier alpha value is -1.02. The molecule has 0 saturated carbocycles. The molecule has 1 aromatic rings. The molecule has 0 N–H and O–H groups in total. The minimum absolute atomic E-state index is 0.279. The fourth-order valence-electron chi connectivity index (χ4n) is 2.45. The minimum atomic E-state index is 0.279. The predicted molar refractivity (Wildman–Crippen MR) is 84.6 cm³/mol. The molecule has 3 saturated heterocycles. The lowest BCUT2D eigenvalue weighted by atomic mass is 10.1. The van der Waals surface area contributed by atoms with Crippen LogP contribution in [0.2, 0.25) is 0 Å². The van der Waals surface area contributed by atoms with Crippen molar-refractivity contribution in [2.45, 2.75) is 38.1 Å². The summed E-state index contributed by atoms with van der Waals surface area (Å²) in [4.78, 5) is 0.